The number of benzene rings is 2. The van der Waals surface area contributed by atoms with Crippen molar-refractivity contribution in [3.05, 3.63) is 65.7 Å². The van der Waals surface area contributed by atoms with E-state index < -0.39 is 0 Å². The number of nitrogens with zero attached hydrogens (tertiary/aromatic N) is 1. The van der Waals surface area contributed by atoms with Crippen LogP contribution in [0.2, 0.25) is 0 Å². The molecule has 1 heterocycles. The van der Waals surface area contributed by atoms with Crippen molar-refractivity contribution in [3.63, 3.8) is 0 Å². The van der Waals surface area contributed by atoms with Crippen molar-refractivity contribution in [3.8, 4) is 0 Å². The second-order valence-electron chi connectivity index (χ2n) is 5.49. The molecule has 1 unspecified atom stereocenters. The third-order valence-electron chi connectivity index (χ3n) is 3.87. The summed E-state index contributed by atoms with van der Waals surface area (Å²) in [5, 5.41) is 0. The molecule has 0 saturated carbocycles. The highest BCUT2D eigenvalue weighted by atomic mass is 16.5. The highest BCUT2D eigenvalue weighted by molar-refractivity contribution is 5.47. The van der Waals surface area contributed by atoms with E-state index in [1.165, 1.54) is 16.8 Å². The highest BCUT2D eigenvalue weighted by Crippen LogP contribution is 2.22. The van der Waals surface area contributed by atoms with Gasteiger partial charge in [-0.15, -0.1) is 0 Å². The Morgan fingerprint density at radius 2 is 1.80 bits per heavy atom. The van der Waals surface area contributed by atoms with E-state index in [2.05, 4.69) is 66.4 Å². The monoisotopic (exact) mass is 267 g/mol. The first-order valence-electron chi connectivity index (χ1n) is 7.28. The predicted molar refractivity (Wildman–Crippen MR) is 83.0 cm³/mol. The Labute approximate surface area is 121 Å². The summed E-state index contributed by atoms with van der Waals surface area (Å²) >= 11 is 0. The zero-order valence-corrected chi connectivity index (χ0v) is 12.0. The minimum absolute atomic E-state index is 0.344. The molecular weight excluding hydrogens is 246 g/mol. The summed E-state index contributed by atoms with van der Waals surface area (Å²) in [6.45, 7) is 4.91. The maximum absolute atomic E-state index is 6.04. The van der Waals surface area contributed by atoms with Gasteiger partial charge in [-0.25, -0.2) is 0 Å². The first-order valence-corrected chi connectivity index (χ1v) is 7.28. The third kappa shape index (κ3) is 3.20. The Morgan fingerprint density at radius 1 is 1.05 bits per heavy atom. The van der Waals surface area contributed by atoms with Crippen LogP contribution >= 0.6 is 0 Å². The summed E-state index contributed by atoms with van der Waals surface area (Å²) in [6, 6.07) is 19.2. The molecule has 0 amide bonds. The summed E-state index contributed by atoms with van der Waals surface area (Å²) in [7, 11) is 0. The van der Waals surface area contributed by atoms with Gasteiger partial charge in [-0.1, -0.05) is 48.0 Å². The molecule has 0 spiro atoms. The summed E-state index contributed by atoms with van der Waals surface area (Å²) < 4.78 is 6.04. The number of ether oxygens (including phenoxy) is 1. The molecule has 2 heteroatoms. The fourth-order valence-corrected chi connectivity index (χ4v) is 2.64. The van der Waals surface area contributed by atoms with E-state index in [9.17, 15) is 0 Å². The van der Waals surface area contributed by atoms with E-state index >= 15 is 0 Å². The molecule has 0 aliphatic carbocycles. The number of anilines is 1. The Bertz CT molecular complexity index is 535. The smallest absolute Gasteiger partial charge is 0.0771 e. The molecule has 0 aromatic heterocycles. The molecule has 1 saturated heterocycles. The SMILES string of the molecule is Cc1ccc(COC2CCN(c3ccccc3)C2)cc1. The molecule has 0 radical (unpaired) electrons. The van der Waals surface area contributed by atoms with Crippen LogP contribution in [0.3, 0.4) is 0 Å². The molecule has 0 bridgehead atoms. The molecular formula is C18H21NO. The van der Waals surface area contributed by atoms with Crippen LogP contribution in [-0.4, -0.2) is 19.2 Å². The van der Waals surface area contributed by atoms with Crippen molar-refractivity contribution in [2.45, 2.75) is 26.1 Å². The van der Waals surface area contributed by atoms with Gasteiger partial charge in [-0.3, -0.25) is 0 Å². The van der Waals surface area contributed by atoms with Crippen molar-refractivity contribution in [1.29, 1.82) is 0 Å². The van der Waals surface area contributed by atoms with E-state index in [-0.39, 0.29) is 0 Å². The Morgan fingerprint density at radius 3 is 2.55 bits per heavy atom. The van der Waals surface area contributed by atoms with Crippen molar-refractivity contribution in [1.82, 2.24) is 0 Å². The Kier molecular flexibility index (Phi) is 4.03. The van der Waals surface area contributed by atoms with Crippen LogP contribution in [0.15, 0.2) is 54.6 Å². The third-order valence-corrected chi connectivity index (χ3v) is 3.87. The van der Waals surface area contributed by atoms with E-state index in [4.69, 9.17) is 4.74 Å². The van der Waals surface area contributed by atoms with Crippen LogP contribution in [0.5, 0.6) is 0 Å². The summed E-state index contributed by atoms with van der Waals surface area (Å²) in [4.78, 5) is 2.40. The lowest BCUT2D eigenvalue weighted by atomic mass is 10.2. The lowest BCUT2D eigenvalue weighted by molar-refractivity contribution is 0.0553. The fraction of sp³-hybridized carbons (Fsp3) is 0.333. The average Bonchev–Trinajstić information content (AvgIpc) is 2.97. The normalized spacial score (nSPS) is 18.4. The molecule has 2 aromatic carbocycles. The zero-order valence-electron chi connectivity index (χ0n) is 12.0. The van der Waals surface area contributed by atoms with Crippen molar-refractivity contribution in [2.75, 3.05) is 18.0 Å². The predicted octanol–water partition coefficient (Wildman–Crippen LogP) is 3.79. The Balaban J connectivity index is 1.52. The van der Waals surface area contributed by atoms with Gasteiger partial charge in [-0.05, 0) is 31.0 Å². The lowest BCUT2D eigenvalue weighted by Crippen LogP contribution is -2.22. The van der Waals surface area contributed by atoms with Crippen LogP contribution in [0, 0.1) is 6.92 Å². The molecule has 104 valence electrons. The van der Waals surface area contributed by atoms with Gasteiger partial charge in [0.2, 0.25) is 0 Å². The van der Waals surface area contributed by atoms with E-state index in [0.717, 1.165) is 19.5 Å². The lowest BCUT2D eigenvalue weighted by Gasteiger charge is -2.18. The van der Waals surface area contributed by atoms with E-state index in [1.54, 1.807) is 0 Å². The average molecular weight is 267 g/mol. The van der Waals surface area contributed by atoms with Gasteiger partial charge in [0, 0.05) is 18.8 Å². The second-order valence-corrected chi connectivity index (χ2v) is 5.49. The van der Waals surface area contributed by atoms with Gasteiger partial charge >= 0.3 is 0 Å². The molecule has 20 heavy (non-hydrogen) atoms. The van der Waals surface area contributed by atoms with Crippen LogP contribution in [0.4, 0.5) is 5.69 Å². The zero-order chi connectivity index (χ0) is 13.8. The minimum Gasteiger partial charge on any atom is -0.372 e. The number of para-hydroxylation sites is 1. The standard InChI is InChI=1S/C18H21NO/c1-15-7-9-16(10-8-15)14-20-18-11-12-19(13-18)17-5-3-2-4-6-17/h2-10,18H,11-14H2,1H3. The molecule has 2 nitrogen and oxygen atoms in total. The second kappa shape index (κ2) is 6.10. The molecule has 1 aliphatic heterocycles. The molecule has 2 aromatic rings. The van der Waals surface area contributed by atoms with Crippen LogP contribution in [-0.2, 0) is 11.3 Å². The number of aryl methyl sites for hydroxylation is 1. The maximum atomic E-state index is 6.04. The molecule has 1 fully saturated rings. The summed E-state index contributed by atoms with van der Waals surface area (Å²) in [5.41, 5.74) is 3.85. The maximum Gasteiger partial charge on any atom is 0.0771 e. The first-order chi connectivity index (χ1) is 9.81. The number of hydrogen-bond donors (Lipinski definition) is 0. The van der Waals surface area contributed by atoms with Crippen LogP contribution < -0.4 is 4.90 Å². The van der Waals surface area contributed by atoms with Gasteiger partial charge in [-0.2, -0.15) is 0 Å². The molecule has 3 rings (SSSR count). The topological polar surface area (TPSA) is 12.5 Å². The van der Waals surface area contributed by atoms with E-state index in [0.29, 0.717) is 12.7 Å². The quantitative estimate of drug-likeness (QED) is 0.835. The Hall–Kier alpha value is -1.80. The van der Waals surface area contributed by atoms with Crippen molar-refractivity contribution in [2.24, 2.45) is 0 Å². The van der Waals surface area contributed by atoms with Gasteiger partial charge in [0.1, 0.15) is 0 Å². The largest absolute Gasteiger partial charge is 0.372 e. The van der Waals surface area contributed by atoms with Gasteiger partial charge in [0.25, 0.3) is 0 Å². The molecule has 1 atom stereocenters. The van der Waals surface area contributed by atoms with Crippen molar-refractivity contribution < 1.29 is 4.74 Å². The molecule has 1 aliphatic rings. The number of rotatable bonds is 4. The van der Waals surface area contributed by atoms with Gasteiger partial charge in [0.05, 0.1) is 12.7 Å². The van der Waals surface area contributed by atoms with Gasteiger partial charge < -0.3 is 9.64 Å². The van der Waals surface area contributed by atoms with Crippen molar-refractivity contribution >= 4 is 5.69 Å². The van der Waals surface area contributed by atoms with Crippen LogP contribution in [0.1, 0.15) is 17.5 Å². The molecule has 0 N–H and O–H groups in total. The minimum atomic E-state index is 0.344. The fourth-order valence-electron chi connectivity index (χ4n) is 2.64. The summed E-state index contributed by atoms with van der Waals surface area (Å²) in [5.74, 6) is 0. The van der Waals surface area contributed by atoms with Gasteiger partial charge in [0.15, 0.2) is 0 Å². The number of hydrogen-bond acceptors (Lipinski definition) is 2. The summed E-state index contributed by atoms with van der Waals surface area (Å²) in [6.07, 6.45) is 1.46. The first kappa shape index (κ1) is 13.2. The van der Waals surface area contributed by atoms with E-state index in [1.807, 2.05) is 0 Å². The highest BCUT2D eigenvalue weighted by Gasteiger charge is 2.22. The van der Waals surface area contributed by atoms with Crippen LogP contribution in [0.25, 0.3) is 0 Å².